The van der Waals surface area contributed by atoms with Gasteiger partial charge in [0.1, 0.15) is 6.33 Å². The first-order valence-electron chi connectivity index (χ1n) is 9.64. The van der Waals surface area contributed by atoms with Gasteiger partial charge in [0.25, 0.3) is 5.91 Å². The van der Waals surface area contributed by atoms with E-state index in [1.807, 2.05) is 29.2 Å². The molecular formula is C24H20N4O. The molecule has 0 spiro atoms. The molecule has 0 aliphatic carbocycles. The second kappa shape index (κ2) is 6.78. The molecule has 0 saturated carbocycles. The van der Waals surface area contributed by atoms with Crippen molar-refractivity contribution in [2.45, 2.75) is 26.9 Å². The summed E-state index contributed by atoms with van der Waals surface area (Å²) >= 11 is 0. The van der Waals surface area contributed by atoms with Crippen LogP contribution in [-0.2, 0) is 13.1 Å². The van der Waals surface area contributed by atoms with Crippen LogP contribution in [0.5, 0.6) is 0 Å². The van der Waals surface area contributed by atoms with Crippen LogP contribution < -0.4 is 0 Å². The summed E-state index contributed by atoms with van der Waals surface area (Å²) in [5, 5.41) is 0.884. The molecule has 29 heavy (non-hydrogen) atoms. The Morgan fingerprint density at radius 1 is 0.966 bits per heavy atom. The molecule has 5 heteroatoms. The summed E-state index contributed by atoms with van der Waals surface area (Å²) in [4.78, 5) is 28.6. The Morgan fingerprint density at radius 2 is 1.66 bits per heavy atom. The van der Waals surface area contributed by atoms with Crippen molar-refractivity contribution in [3.63, 3.8) is 0 Å². The summed E-state index contributed by atoms with van der Waals surface area (Å²) in [5.41, 5.74) is 7.70. The molecule has 2 aromatic carbocycles. The Balaban J connectivity index is 1.66. The number of rotatable bonds is 2. The largest absolute Gasteiger partial charge is 0.330 e. The molecule has 0 saturated heterocycles. The van der Waals surface area contributed by atoms with Gasteiger partial charge in [-0.15, -0.1) is 0 Å². The van der Waals surface area contributed by atoms with E-state index in [1.54, 1.807) is 12.4 Å². The van der Waals surface area contributed by atoms with E-state index in [4.69, 9.17) is 4.98 Å². The maximum absolute atomic E-state index is 13.6. The molecule has 0 fully saturated rings. The highest BCUT2D eigenvalue weighted by molar-refractivity contribution is 6.08. The molecule has 3 heterocycles. The van der Waals surface area contributed by atoms with Crippen molar-refractivity contribution in [1.29, 1.82) is 0 Å². The lowest BCUT2D eigenvalue weighted by atomic mass is 9.99. The highest BCUT2D eigenvalue weighted by Crippen LogP contribution is 2.31. The minimum absolute atomic E-state index is 0.0231. The number of hydrogen-bond acceptors (Lipinski definition) is 4. The quantitative estimate of drug-likeness (QED) is 0.515. The Hall–Kier alpha value is -3.60. The van der Waals surface area contributed by atoms with Crippen molar-refractivity contribution in [3.8, 4) is 11.3 Å². The maximum Gasteiger partial charge on any atom is 0.255 e. The standard InChI is InChI=1S/C24H20N4O/c1-15-7-8-20-21(24(29)28-12-17-5-3-4-6-18(17)13-28)9-22(27-23(20)16(15)2)19-10-25-14-26-11-19/h3-11,14H,12-13H2,1-2H3. The molecule has 0 atom stereocenters. The first-order chi connectivity index (χ1) is 14.1. The Bertz CT molecular complexity index is 1230. The van der Waals surface area contributed by atoms with Gasteiger partial charge in [0.2, 0.25) is 0 Å². The van der Waals surface area contributed by atoms with Gasteiger partial charge >= 0.3 is 0 Å². The van der Waals surface area contributed by atoms with Crippen LogP contribution in [-0.4, -0.2) is 25.8 Å². The lowest BCUT2D eigenvalue weighted by molar-refractivity contribution is 0.0753. The van der Waals surface area contributed by atoms with Gasteiger partial charge in [-0.3, -0.25) is 4.79 Å². The zero-order valence-electron chi connectivity index (χ0n) is 16.4. The predicted octanol–water partition coefficient (Wildman–Crippen LogP) is 4.46. The molecule has 0 bridgehead atoms. The van der Waals surface area contributed by atoms with Crippen LogP contribution in [0.2, 0.25) is 0 Å². The first-order valence-corrected chi connectivity index (χ1v) is 9.64. The number of hydrogen-bond donors (Lipinski definition) is 0. The van der Waals surface area contributed by atoms with E-state index in [1.165, 1.54) is 17.5 Å². The van der Waals surface area contributed by atoms with E-state index >= 15 is 0 Å². The van der Waals surface area contributed by atoms with Crippen molar-refractivity contribution >= 4 is 16.8 Å². The average Bonchev–Trinajstić information content (AvgIpc) is 3.20. The van der Waals surface area contributed by atoms with E-state index in [9.17, 15) is 4.79 Å². The van der Waals surface area contributed by atoms with Crippen molar-refractivity contribution in [2.24, 2.45) is 0 Å². The summed E-state index contributed by atoms with van der Waals surface area (Å²) in [6, 6.07) is 14.2. The first kappa shape index (κ1) is 17.5. The summed E-state index contributed by atoms with van der Waals surface area (Å²) < 4.78 is 0. The van der Waals surface area contributed by atoms with Crippen molar-refractivity contribution < 1.29 is 4.79 Å². The number of benzene rings is 2. The van der Waals surface area contributed by atoms with Crippen molar-refractivity contribution in [3.05, 3.63) is 89.0 Å². The Kier molecular flexibility index (Phi) is 4.09. The van der Waals surface area contributed by atoms with Gasteiger partial charge in [0.15, 0.2) is 0 Å². The predicted molar refractivity (Wildman–Crippen MR) is 112 cm³/mol. The van der Waals surface area contributed by atoms with E-state index < -0.39 is 0 Å². The molecule has 5 nitrogen and oxygen atoms in total. The average molecular weight is 380 g/mol. The van der Waals surface area contributed by atoms with Crippen molar-refractivity contribution in [2.75, 3.05) is 0 Å². The van der Waals surface area contributed by atoms with E-state index in [0.29, 0.717) is 24.3 Å². The normalized spacial score (nSPS) is 13.0. The maximum atomic E-state index is 13.6. The van der Waals surface area contributed by atoms with E-state index in [-0.39, 0.29) is 5.91 Å². The van der Waals surface area contributed by atoms with Gasteiger partial charge in [-0.1, -0.05) is 36.4 Å². The fourth-order valence-electron chi connectivity index (χ4n) is 3.93. The minimum Gasteiger partial charge on any atom is -0.330 e. The molecule has 0 radical (unpaired) electrons. The van der Waals surface area contributed by atoms with Crippen LogP contribution in [0.15, 0.2) is 61.2 Å². The molecule has 1 amide bonds. The molecule has 4 aromatic rings. The van der Waals surface area contributed by atoms with Gasteiger partial charge in [-0.2, -0.15) is 0 Å². The van der Waals surface area contributed by atoms with Gasteiger partial charge in [0.05, 0.1) is 16.8 Å². The van der Waals surface area contributed by atoms with Crippen molar-refractivity contribution in [1.82, 2.24) is 19.9 Å². The molecule has 1 aliphatic rings. The van der Waals surface area contributed by atoms with Gasteiger partial charge in [-0.05, 0) is 42.2 Å². The smallest absolute Gasteiger partial charge is 0.255 e. The summed E-state index contributed by atoms with van der Waals surface area (Å²) in [6.07, 6.45) is 4.95. The van der Waals surface area contributed by atoms with Gasteiger partial charge in [0, 0.05) is 36.4 Å². The molecule has 0 N–H and O–H groups in total. The second-order valence-electron chi connectivity index (χ2n) is 7.52. The highest BCUT2D eigenvalue weighted by Gasteiger charge is 2.26. The fourth-order valence-corrected chi connectivity index (χ4v) is 3.93. The van der Waals surface area contributed by atoms with Crippen LogP contribution in [0.4, 0.5) is 0 Å². The number of nitrogens with zero attached hydrogens (tertiary/aromatic N) is 4. The number of aromatic nitrogens is 3. The number of fused-ring (bicyclic) bond motifs is 2. The number of aryl methyl sites for hydroxylation is 2. The molecule has 0 unspecified atom stereocenters. The molecule has 1 aliphatic heterocycles. The summed E-state index contributed by atoms with van der Waals surface area (Å²) in [7, 11) is 0. The van der Waals surface area contributed by atoms with Crippen LogP contribution >= 0.6 is 0 Å². The highest BCUT2D eigenvalue weighted by atomic mass is 16.2. The molecule has 142 valence electrons. The van der Waals surface area contributed by atoms with Crippen LogP contribution in [0.3, 0.4) is 0 Å². The third-order valence-corrected chi connectivity index (χ3v) is 5.72. The SMILES string of the molecule is Cc1ccc2c(C(=O)N3Cc4ccccc4C3)cc(-c3cncnc3)nc2c1C. The number of amides is 1. The summed E-state index contributed by atoms with van der Waals surface area (Å²) in [5.74, 6) is 0.0231. The number of pyridine rings is 1. The topological polar surface area (TPSA) is 59.0 Å². The molecule has 5 rings (SSSR count). The third-order valence-electron chi connectivity index (χ3n) is 5.72. The van der Waals surface area contributed by atoms with Crippen LogP contribution in [0.1, 0.15) is 32.6 Å². The second-order valence-corrected chi connectivity index (χ2v) is 7.52. The Labute approximate surface area is 169 Å². The zero-order chi connectivity index (χ0) is 20.0. The van der Waals surface area contributed by atoms with Crippen LogP contribution in [0, 0.1) is 13.8 Å². The lowest BCUT2D eigenvalue weighted by Crippen LogP contribution is -2.25. The third kappa shape index (κ3) is 2.95. The van der Waals surface area contributed by atoms with Crippen LogP contribution in [0.25, 0.3) is 22.2 Å². The number of carbonyl (C=O) groups excluding carboxylic acids is 1. The molecule has 2 aromatic heterocycles. The van der Waals surface area contributed by atoms with Gasteiger partial charge < -0.3 is 4.90 Å². The number of carbonyl (C=O) groups is 1. The van der Waals surface area contributed by atoms with E-state index in [0.717, 1.165) is 27.6 Å². The van der Waals surface area contributed by atoms with E-state index in [2.05, 4.69) is 42.0 Å². The van der Waals surface area contributed by atoms with Gasteiger partial charge in [-0.25, -0.2) is 15.0 Å². The lowest BCUT2D eigenvalue weighted by Gasteiger charge is -2.18. The fraction of sp³-hybridized carbons (Fsp3) is 0.167. The zero-order valence-corrected chi connectivity index (χ0v) is 16.4. The monoisotopic (exact) mass is 380 g/mol. The Morgan fingerprint density at radius 3 is 2.34 bits per heavy atom. The minimum atomic E-state index is 0.0231. The molecular weight excluding hydrogens is 360 g/mol. The summed E-state index contributed by atoms with van der Waals surface area (Å²) in [6.45, 7) is 5.38.